The van der Waals surface area contributed by atoms with Crippen LogP contribution in [0, 0.1) is 10.1 Å². The maximum Gasteiger partial charge on any atom is 0.292 e. The molecule has 20 heavy (non-hydrogen) atoms. The molecular formula is C13H17F2N3O2. The Morgan fingerprint density at radius 2 is 2.05 bits per heavy atom. The molecule has 0 atom stereocenters. The number of nitrogens with zero attached hydrogens (tertiary/aromatic N) is 2. The molecule has 7 heteroatoms. The zero-order chi connectivity index (χ0) is 14.7. The average Bonchev–Trinajstić information content (AvgIpc) is 2.41. The number of likely N-dealkylation sites (tertiary alicyclic amines) is 1. The highest BCUT2D eigenvalue weighted by atomic mass is 19.3. The summed E-state index contributed by atoms with van der Waals surface area (Å²) in [6, 6.07) is 3.69. The minimum Gasteiger partial charge on any atom is -0.377 e. The van der Waals surface area contributed by atoms with Crippen molar-refractivity contribution in [1.82, 2.24) is 4.90 Å². The molecule has 1 fully saturated rings. The third kappa shape index (κ3) is 3.41. The van der Waals surface area contributed by atoms with Crippen molar-refractivity contribution >= 4 is 11.4 Å². The number of rotatable bonds is 4. The van der Waals surface area contributed by atoms with Gasteiger partial charge in [-0.05, 0) is 39.0 Å². The van der Waals surface area contributed by atoms with Crippen LogP contribution < -0.4 is 5.32 Å². The van der Waals surface area contributed by atoms with E-state index < -0.39 is 11.3 Å². The zero-order valence-electron chi connectivity index (χ0n) is 11.2. The van der Waals surface area contributed by atoms with E-state index in [0.29, 0.717) is 5.69 Å². The van der Waals surface area contributed by atoms with E-state index in [4.69, 9.17) is 0 Å². The van der Waals surface area contributed by atoms with Crippen molar-refractivity contribution in [2.45, 2.75) is 25.3 Å². The molecule has 0 radical (unpaired) electrons. The first-order valence-electron chi connectivity index (χ1n) is 6.49. The number of alkyl halides is 2. The van der Waals surface area contributed by atoms with Crippen molar-refractivity contribution in [2.24, 2.45) is 0 Å². The summed E-state index contributed by atoms with van der Waals surface area (Å²) < 4.78 is 25.2. The average molecular weight is 285 g/mol. The molecule has 1 aliphatic heterocycles. The second kappa shape index (κ2) is 6.13. The summed E-state index contributed by atoms with van der Waals surface area (Å²) in [6.07, 6.45) is -0.944. The van der Waals surface area contributed by atoms with Crippen LogP contribution in [0.15, 0.2) is 18.2 Å². The molecule has 1 aromatic carbocycles. The molecule has 110 valence electrons. The number of nitrogens with one attached hydrogen (secondary N) is 1. The van der Waals surface area contributed by atoms with Gasteiger partial charge in [-0.2, -0.15) is 0 Å². The third-order valence-corrected chi connectivity index (χ3v) is 3.55. The highest BCUT2D eigenvalue weighted by molar-refractivity contribution is 5.63. The molecule has 0 saturated carbocycles. The van der Waals surface area contributed by atoms with E-state index >= 15 is 0 Å². The number of nitro benzene ring substituents is 1. The Hall–Kier alpha value is -1.76. The van der Waals surface area contributed by atoms with Gasteiger partial charge in [0.05, 0.1) is 4.92 Å². The van der Waals surface area contributed by atoms with Crippen molar-refractivity contribution < 1.29 is 13.7 Å². The summed E-state index contributed by atoms with van der Waals surface area (Å²) in [4.78, 5) is 12.6. The van der Waals surface area contributed by atoms with Crippen LogP contribution in [0.1, 0.15) is 24.8 Å². The van der Waals surface area contributed by atoms with Gasteiger partial charge in [-0.25, -0.2) is 8.78 Å². The fourth-order valence-corrected chi connectivity index (χ4v) is 2.33. The van der Waals surface area contributed by atoms with Gasteiger partial charge in [0.25, 0.3) is 12.1 Å². The van der Waals surface area contributed by atoms with Gasteiger partial charge in [-0.3, -0.25) is 10.1 Å². The van der Waals surface area contributed by atoms with Gasteiger partial charge in [0.15, 0.2) is 0 Å². The summed E-state index contributed by atoms with van der Waals surface area (Å²) in [5, 5.41) is 14.1. The van der Waals surface area contributed by atoms with Crippen LogP contribution in [0.2, 0.25) is 0 Å². The molecule has 0 aliphatic carbocycles. The molecule has 5 nitrogen and oxygen atoms in total. The first-order chi connectivity index (χ1) is 9.47. The molecule has 1 saturated heterocycles. The fraction of sp³-hybridized carbons (Fsp3) is 0.538. The lowest BCUT2D eigenvalue weighted by atomic mass is 10.0. The number of hydrogen-bond acceptors (Lipinski definition) is 4. The first-order valence-corrected chi connectivity index (χ1v) is 6.49. The quantitative estimate of drug-likeness (QED) is 0.682. The Bertz CT molecular complexity index is 489. The number of nitro groups is 1. The second-order valence-corrected chi connectivity index (χ2v) is 5.06. The van der Waals surface area contributed by atoms with Crippen molar-refractivity contribution in [2.75, 3.05) is 25.5 Å². The number of anilines is 1. The van der Waals surface area contributed by atoms with E-state index in [9.17, 15) is 18.9 Å². The van der Waals surface area contributed by atoms with Crippen molar-refractivity contribution in [3.8, 4) is 0 Å². The minimum atomic E-state index is -2.70. The lowest BCUT2D eigenvalue weighted by Gasteiger charge is -2.30. The van der Waals surface area contributed by atoms with Gasteiger partial charge in [-0.1, -0.05) is 6.07 Å². The largest absolute Gasteiger partial charge is 0.377 e. The topological polar surface area (TPSA) is 58.4 Å². The molecule has 0 amide bonds. The van der Waals surface area contributed by atoms with E-state index in [1.165, 1.54) is 12.1 Å². The fourth-order valence-electron chi connectivity index (χ4n) is 2.33. The zero-order valence-corrected chi connectivity index (χ0v) is 11.2. The van der Waals surface area contributed by atoms with E-state index in [2.05, 4.69) is 10.2 Å². The van der Waals surface area contributed by atoms with E-state index in [0.717, 1.165) is 32.0 Å². The minimum absolute atomic E-state index is 0.141. The molecule has 1 aromatic rings. The molecule has 0 aromatic heterocycles. The molecule has 1 N–H and O–H groups in total. The van der Waals surface area contributed by atoms with Crippen molar-refractivity contribution in [3.05, 3.63) is 33.9 Å². The number of piperidine rings is 1. The molecule has 2 rings (SSSR count). The molecular weight excluding hydrogens is 268 g/mol. The van der Waals surface area contributed by atoms with Crippen LogP contribution in [-0.2, 0) is 0 Å². The van der Waals surface area contributed by atoms with Crippen LogP contribution in [-0.4, -0.2) is 36.0 Å². The molecule has 1 aliphatic rings. The van der Waals surface area contributed by atoms with Gasteiger partial charge in [0, 0.05) is 17.7 Å². The monoisotopic (exact) mass is 285 g/mol. The van der Waals surface area contributed by atoms with Gasteiger partial charge in [-0.15, -0.1) is 0 Å². The van der Waals surface area contributed by atoms with Gasteiger partial charge in [0.1, 0.15) is 5.69 Å². The van der Waals surface area contributed by atoms with E-state index in [1.807, 2.05) is 7.05 Å². The summed E-state index contributed by atoms with van der Waals surface area (Å²) in [5.74, 6) is 0. The van der Waals surface area contributed by atoms with Crippen LogP contribution in [0.25, 0.3) is 0 Å². The number of halogens is 2. The van der Waals surface area contributed by atoms with Gasteiger partial charge in [0.2, 0.25) is 0 Å². The van der Waals surface area contributed by atoms with Crippen molar-refractivity contribution in [3.63, 3.8) is 0 Å². The second-order valence-electron chi connectivity index (χ2n) is 5.06. The lowest BCUT2D eigenvalue weighted by Crippen LogP contribution is -2.36. The summed E-state index contributed by atoms with van der Waals surface area (Å²) >= 11 is 0. The Morgan fingerprint density at radius 1 is 1.40 bits per heavy atom. The molecule has 0 unspecified atom stereocenters. The van der Waals surface area contributed by atoms with Crippen LogP contribution in [0.3, 0.4) is 0 Å². The first kappa shape index (κ1) is 14.6. The van der Waals surface area contributed by atoms with Gasteiger partial charge < -0.3 is 10.2 Å². The normalized spacial score (nSPS) is 17.4. The summed E-state index contributed by atoms with van der Waals surface area (Å²) in [7, 11) is 2.02. The summed E-state index contributed by atoms with van der Waals surface area (Å²) in [5.41, 5.74) is -0.304. The highest BCUT2D eigenvalue weighted by Crippen LogP contribution is 2.31. The number of benzene rings is 1. The number of hydrogen-bond donors (Lipinski definition) is 1. The lowest BCUT2D eigenvalue weighted by molar-refractivity contribution is -0.384. The Morgan fingerprint density at radius 3 is 2.60 bits per heavy atom. The highest BCUT2D eigenvalue weighted by Gasteiger charge is 2.22. The molecule has 0 bridgehead atoms. The van der Waals surface area contributed by atoms with Crippen LogP contribution >= 0.6 is 0 Å². The van der Waals surface area contributed by atoms with Crippen LogP contribution in [0.5, 0.6) is 0 Å². The maximum atomic E-state index is 12.6. The Labute approximate surface area is 115 Å². The van der Waals surface area contributed by atoms with E-state index in [-0.39, 0.29) is 17.3 Å². The molecule has 0 spiro atoms. The van der Waals surface area contributed by atoms with Crippen molar-refractivity contribution in [1.29, 1.82) is 0 Å². The van der Waals surface area contributed by atoms with E-state index in [1.54, 1.807) is 0 Å². The Kier molecular flexibility index (Phi) is 4.49. The standard InChI is InChI=1S/C13H17F2N3O2/c1-17-6-4-10(5-7-17)16-11-3-2-9(13(14)15)8-12(11)18(19)20/h2-3,8,10,13,16H,4-7H2,1H3. The Balaban J connectivity index is 2.16. The van der Waals surface area contributed by atoms with Gasteiger partial charge >= 0.3 is 0 Å². The SMILES string of the molecule is CN1CCC(Nc2ccc(C(F)F)cc2[N+](=O)[O-])CC1. The smallest absolute Gasteiger partial charge is 0.292 e. The third-order valence-electron chi connectivity index (χ3n) is 3.55. The predicted octanol–water partition coefficient (Wildman–Crippen LogP) is 3.04. The predicted molar refractivity (Wildman–Crippen MR) is 72.2 cm³/mol. The van der Waals surface area contributed by atoms with Crippen LogP contribution in [0.4, 0.5) is 20.2 Å². The molecule has 1 heterocycles. The summed E-state index contributed by atoms with van der Waals surface area (Å²) in [6.45, 7) is 1.83. The maximum absolute atomic E-state index is 12.6.